The molecule has 19 heavy (non-hydrogen) atoms. The van der Waals surface area contributed by atoms with Crippen LogP contribution in [0.5, 0.6) is 5.75 Å². The lowest BCUT2D eigenvalue weighted by Crippen LogP contribution is -2.21. The number of hydrogen-bond donors (Lipinski definition) is 1. The number of aromatic nitrogens is 3. The zero-order chi connectivity index (χ0) is 13.8. The van der Waals surface area contributed by atoms with Gasteiger partial charge in [0.05, 0.1) is 7.11 Å². The Bertz CT molecular complexity index is 555. The second-order valence-electron chi connectivity index (χ2n) is 4.23. The van der Waals surface area contributed by atoms with Gasteiger partial charge in [0.15, 0.2) is 0 Å². The van der Waals surface area contributed by atoms with Crippen LogP contribution in [0.25, 0.3) is 0 Å². The zero-order valence-corrected chi connectivity index (χ0v) is 12.0. The maximum absolute atomic E-state index is 5.98. The van der Waals surface area contributed by atoms with Crippen molar-refractivity contribution in [3.05, 3.63) is 40.9 Å². The normalized spacial score (nSPS) is 12.4. The first-order valence-corrected chi connectivity index (χ1v) is 6.37. The average molecular weight is 281 g/mol. The lowest BCUT2D eigenvalue weighted by atomic mass is 10.0. The monoisotopic (exact) mass is 280 g/mol. The van der Waals surface area contributed by atoms with Crippen LogP contribution in [-0.2, 0) is 13.5 Å². The quantitative estimate of drug-likeness (QED) is 0.910. The van der Waals surface area contributed by atoms with Gasteiger partial charge in [-0.05, 0) is 19.2 Å². The van der Waals surface area contributed by atoms with E-state index in [4.69, 9.17) is 16.3 Å². The molecule has 0 radical (unpaired) electrons. The fourth-order valence-electron chi connectivity index (χ4n) is 2.03. The number of aryl methyl sites for hydroxylation is 1. The number of nitrogens with zero attached hydrogens (tertiary/aromatic N) is 3. The van der Waals surface area contributed by atoms with Crippen LogP contribution in [0.2, 0.25) is 5.02 Å². The topological polar surface area (TPSA) is 52.0 Å². The van der Waals surface area contributed by atoms with Crippen LogP contribution in [0.4, 0.5) is 0 Å². The molecule has 0 aliphatic carbocycles. The van der Waals surface area contributed by atoms with E-state index in [-0.39, 0.29) is 6.04 Å². The second kappa shape index (κ2) is 6.04. The fraction of sp³-hybridized carbons (Fsp3) is 0.385. The number of benzene rings is 1. The van der Waals surface area contributed by atoms with Gasteiger partial charge in [-0.25, -0.2) is 4.98 Å². The highest BCUT2D eigenvalue weighted by Crippen LogP contribution is 2.29. The smallest absolute Gasteiger partial charge is 0.138 e. The van der Waals surface area contributed by atoms with Crippen molar-refractivity contribution in [2.45, 2.75) is 12.5 Å². The zero-order valence-electron chi connectivity index (χ0n) is 11.2. The fourth-order valence-corrected chi connectivity index (χ4v) is 2.19. The summed E-state index contributed by atoms with van der Waals surface area (Å²) in [5.74, 6) is 1.69. The molecule has 0 saturated carbocycles. The third kappa shape index (κ3) is 3.05. The number of methoxy groups -OCH3 is 1. The molecule has 1 aromatic heterocycles. The Balaban J connectivity index is 2.29. The molecule has 0 aliphatic heterocycles. The average Bonchev–Trinajstić information content (AvgIpc) is 2.81. The number of halogens is 1. The molecular formula is C13H17ClN4O. The number of ether oxygens (including phenoxy) is 1. The third-order valence-corrected chi connectivity index (χ3v) is 3.35. The van der Waals surface area contributed by atoms with Crippen LogP contribution in [0.15, 0.2) is 24.5 Å². The molecule has 0 spiro atoms. The van der Waals surface area contributed by atoms with Gasteiger partial charge in [0.1, 0.15) is 17.9 Å². The van der Waals surface area contributed by atoms with Crippen LogP contribution in [0.3, 0.4) is 0 Å². The first kappa shape index (κ1) is 13.8. The Labute approximate surface area is 117 Å². The Hall–Kier alpha value is -1.59. The molecule has 0 bridgehead atoms. The van der Waals surface area contributed by atoms with E-state index in [1.54, 1.807) is 18.1 Å². The van der Waals surface area contributed by atoms with Gasteiger partial charge in [-0.2, -0.15) is 5.10 Å². The van der Waals surface area contributed by atoms with Crippen molar-refractivity contribution in [2.75, 3.05) is 14.2 Å². The molecule has 1 N–H and O–H groups in total. The van der Waals surface area contributed by atoms with E-state index in [1.165, 1.54) is 0 Å². The summed E-state index contributed by atoms with van der Waals surface area (Å²) in [5.41, 5.74) is 1.05. The number of hydrogen-bond acceptors (Lipinski definition) is 4. The Morgan fingerprint density at radius 3 is 2.84 bits per heavy atom. The van der Waals surface area contributed by atoms with Crippen molar-refractivity contribution in [1.82, 2.24) is 20.1 Å². The lowest BCUT2D eigenvalue weighted by Gasteiger charge is -2.19. The molecule has 1 atom stereocenters. The van der Waals surface area contributed by atoms with Gasteiger partial charge >= 0.3 is 0 Å². The predicted octanol–water partition coefficient (Wildman–Crippen LogP) is 1.98. The van der Waals surface area contributed by atoms with Crippen molar-refractivity contribution >= 4 is 11.6 Å². The summed E-state index contributed by atoms with van der Waals surface area (Å²) in [7, 11) is 5.44. The van der Waals surface area contributed by atoms with Crippen molar-refractivity contribution in [1.29, 1.82) is 0 Å². The maximum Gasteiger partial charge on any atom is 0.138 e. The first-order chi connectivity index (χ1) is 9.15. The summed E-state index contributed by atoms with van der Waals surface area (Å²) in [5, 5.41) is 8.01. The van der Waals surface area contributed by atoms with E-state index in [1.807, 2.05) is 32.3 Å². The summed E-state index contributed by atoms with van der Waals surface area (Å²) in [6.45, 7) is 0. The minimum Gasteiger partial charge on any atom is -0.496 e. The van der Waals surface area contributed by atoms with E-state index >= 15 is 0 Å². The molecule has 0 amide bonds. The maximum atomic E-state index is 5.98. The number of likely N-dealkylation sites (N-methyl/N-ethyl adjacent to an activating group) is 1. The minimum absolute atomic E-state index is 0.0927. The third-order valence-electron chi connectivity index (χ3n) is 3.11. The van der Waals surface area contributed by atoms with Gasteiger partial charge in [-0.1, -0.05) is 17.7 Å². The lowest BCUT2D eigenvalue weighted by molar-refractivity contribution is 0.400. The van der Waals surface area contributed by atoms with E-state index in [2.05, 4.69) is 15.4 Å². The van der Waals surface area contributed by atoms with Gasteiger partial charge in [0, 0.05) is 30.1 Å². The molecule has 102 valence electrons. The van der Waals surface area contributed by atoms with Crippen molar-refractivity contribution in [3.63, 3.8) is 0 Å². The largest absolute Gasteiger partial charge is 0.496 e. The highest BCUT2D eigenvalue weighted by Gasteiger charge is 2.17. The van der Waals surface area contributed by atoms with Crippen LogP contribution in [-0.4, -0.2) is 28.9 Å². The second-order valence-corrected chi connectivity index (χ2v) is 4.67. The van der Waals surface area contributed by atoms with Gasteiger partial charge in [-0.3, -0.25) is 4.68 Å². The SMILES string of the molecule is CNC(Cc1ncnn1C)c1ccc(Cl)cc1OC. The molecule has 1 unspecified atom stereocenters. The van der Waals surface area contributed by atoms with Gasteiger partial charge in [-0.15, -0.1) is 0 Å². The highest BCUT2D eigenvalue weighted by molar-refractivity contribution is 6.30. The number of rotatable bonds is 5. The molecule has 2 rings (SSSR count). The van der Waals surface area contributed by atoms with Crippen LogP contribution >= 0.6 is 11.6 Å². The molecule has 2 aromatic rings. The predicted molar refractivity (Wildman–Crippen MR) is 74.5 cm³/mol. The molecule has 0 saturated heterocycles. The molecule has 1 heterocycles. The first-order valence-electron chi connectivity index (χ1n) is 5.99. The van der Waals surface area contributed by atoms with Crippen molar-refractivity contribution in [2.24, 2.45) is 7.05 Å². The molecule has 1 aromatic carbocycles. The van der Waals surface area contributed by atoms with E-state index in [0.717, 1.165) is 23.6 Å². The Morgan fingerprint density at radius 1 is 1.47 bits per heavy atom. The van der Waals surface area contributed by atoms with Gasteiger partial charge < -0.3 is 10.1 Å². The molecule has 0 aliphatic rings. The highest BCUT2D eigenvalue weighted by atomic mass is 35.5. The van der Waals surface area contributed by atoms with Gasteiger partial charge in [0.25, 0.3) is 0 Å². The Kier molecular flexibility index (Phi) is 4.39. The summed E-state index contributed by atoms with van der Waals surface area (Å²) < 4.78 is 7.16. The van der Waals surface area contributed by atoms with Crippen LogP contribution in [0.1, 0.15) is 17.4 Å². The van der Waals surface area contributed by atoms with Crippen molar-refractivity contribution < 1.29 is 4.74 Å². The summed E-state index contributed by atoms with van der Waals surface area (Å²) >= 11 is 5.98. The Morgan fingerprint density at radius 2 is 2.26 bits per heavy atom. The van der Waals surface area contributed by atoms with E-state index < -0.39 is 0 Å². The minimum atomic E-state index is 0.0927. The van der Waals surface area contributed by atoms with E-state index in [9.17, 15) is 0 Å². The number of nitrogens with one attached hydrogen (secondary N) is 1. The molecule has 6 heteroatoms. The standard InChI is InChI=1S/C13H17ClN4O/c1-15-11(7-13-16-8-17-18(13)2)10-5-4-9(14)6-12(10)19-3/h4-6,8,11,15H,7H2,1-3H3. The summed E-state index contributed by atoms with van der Waals surface area (Å²) in [6, 6.07) is 5.74. The van der Waals surface area contributed by atoms with Crippen molar-refractivity contribution in [3.8, 4) is 5.75 Å². The molecule has 0 fully saturated rings. The summed E-state index contributed by atoms with van der Waals surface area (Å²) in [4.78, 5) is 4.25. The molecular weight excluding hydrogens is 264 g/mol. The summed E-state index contributed by atoms with van der Waals surface area (Å²) in [6.07, 6.45) is 2.28. The van der Waals surface area contributed by atoms with Crippen LogP contribution < -0.4 is 10.1 Å². The van der Waals surface area contributed by atoms with Gasteiger partial charge in [0.2, 0.25) is 0 Å². The van der Waals surface area contributed by atoms with E-state index in [0.29, 0.717) is 5.02 Å². The van der Waals surface area contributed by atoms with Crippen LogP contribution in [0, 0.1) is 0 Å². The molecule has 5 nitrogen and oxygen atoms in total.